The van der Waals surface area contributed by atoms with E-state index in [2.05, 4.69) is 5.32 Å². The van der Waals surface area contributed by atoms with Crippen LogP contribution in [0.2, 0.25) is 0 Å². The summed E-state index contributed by atoms with van der Waals surface area (Å²) < 4.78 is 28.0. The van der Waals surface area contributed by atoms with Crippen molar-refractivity contribution in [3.63, 3.8) is 0 Å². The number of nitrogens with one attached hydrogen (secondary N) is 1. The SMILES string of the molecule is CCOC(=O)[C@]12CS(=O)(=O)C[C@H]1CCN2. The Kier molecular flexibility index (Phi) is 2.50. The van der Waals surface area contributed by atoms with Gasteiger partial charge in [-0.05, 0) is 19.9 Å². The first-order chi connectivity index (χ1) is 7.00. The monoisotopic (exact) mass is 233 g/mol. The molecule has 15 heavy (non-hydrogen) atoms. The molecule has 2 aliphatic rings. The van der Waals surface area contributed by atoms with Crippen LogP contribution in [0.4, 0.5) is 0 Å². The van der Waals surface area contributed by atoms with E-state index in [0.29, 0.717) is 6.54 Å². The first-order valence-electron chi connectivity index (χ1n) is 5.13. The quantitative estimate of drug-likeness (QED) is 0.640. The van der Waals surface area contributed by atoms with Crippen molar-refractivity contribution in [3.8, 4) is 0 Å². The summed E-state index contributed by atoms with van der Waals surface area (Å²) in [5.74, 6) is -0.516. The van der Waals surface area contributed by atoms with Gasteiger partial charge in [0.15, 0.2) is 9.84 Å². The lowest BCUT2D eigenvalue weighted by molar-refractivity contribution is -0.150. The average molecular weight is 233 g/mol. The van der Waals surface area contributed by atoms with Crippen LogP contribution in [0.5, 0.6) is 0 Å². The number of rotatable bonds is 2. The lowest BCUT2D eigenvalue weighted by Gasteiger charge is -2.25. The Balaban J connectivity index is 2.28. The predicted octanol–water partition coefficient (Wildman–Crippen LogP) is -0.674. The van der Waals surface area contributed by atoms with Crippen LogP contribution in [0.25, 0.3) is 0 Å². The summed E-state index contributed by atoms with van der Waals surface area (Å²) >= 11 is 0. The molecule has 2 aliphatic heterocycles. The number of ether oxygens (including phenoxy) is 1. The van der Waals surface area contributed by atoms with Crippen LogP contribution >= 0.6 is 0 Å². The molecule has 0 spiro atoms. The van der Waals surface area contributed by atoms with Gasteiger partial charge in [-0.2, -0.15) is 0 Å². The maximum atomic E-state index is 11.8. The first kappa shape index (κ1) is 10.9. The average Bonchev–Trinajstić information content (AvgIpc) is 2.58. The molecular formula is C9H15NO4S. The molecule has 1 N–H and O–H groups in total. The van der Waals surface area contributed by atoms with Crippen LogP contribution < -0.4 is 5.32 Å². The van der Waals surface area contributed by atoms with Crippen molar-refractivity contribution in [3.05, 3.63) is 0 Å². The predicted molar refractivity (Wildman–Crippen MR) is 54.1 cm³/mol. The van der Waals surface area contributed by atoms with Gasteiger partial charge in [-0.1, -0.05) is 0 Å². The third kappa shape index (κ3) is 1.65. The zero-order valence-corrected chi connectivity index (χ0v) is 9.47. The molecule has 2 rings (SSSR count). The Hall–Kier alpha value is -0.620. The maximum absolute atomic E-state index is 11.8. The molecule has 2 saturated heterocycles. The standard InChI is InChI=1S/C9H15NO4S/c1-2-14-8(11)9-6-15(12,13)5-7(9)3-4-10-9/h7,10H,2-6H2,1H3/t7-,9+/m1/s1. The van der Waals surface area contributed by atoms with Crippen molar-refractivity contribution in [2.45, 2.75) is 18.9 Å². The Labute approximate surface area is 89.1 Å². The minimum Gasteiger partial charge on any atom is -0.465 e. The molecule has 86 valence electrons. The zero-order chi connectivity index (χ0) is 11.1. The summed E-state index contributed by atoms with van der Waals surface area (Å²) in [6, 6.07) is 0. The molecule has 0 radical (unpaired) electrons. The molecule has 2 atom stereocenters. The summed E-state index contributed by atoms with van der Waals surface area (Å²) in [4.78, 5) is 11.8. The van der Waals surface area contributed by atoms with Crippen molar-refractivity contribution in [2.75, 3.05) is 24.7 Å². The molecule has 0 saturated carbocycles. The van der Waals surface area contributed by atoms with Crippen LogP contribution in [0.3, 0.4) is 0 Å². The van der Waals surface area contributed by atoms with E-state index in [1.165, 1.54) is 0 Å². The fourth-order valence-corrected chi connectivity index (χ4v) is 4.86. The summed E-state index contributed by atoms with van der Waals surface area (Å²) in [5.41, 5.74) is -0.950. The number of hydrogen-bond donors (Lipinski definition) is 1. The van der Waals surface area contributed by atoms with Crippen LogP contribution in [-0.2, 0) is 19.4 Å². The van der Waals surface area contributed by atoms with Gasteiger partial charge in [0.25, 0.3) is 0 Å². The minimum atomic E-state index is -3.09. The van der Waals surface area contributed by atoms with Crippen molar-refractivity contribution in [1.29, 1.82) is 0 Å². The molecule has 5 nitrogen and oxygen atoms in total. The van der Waals surface area contributed by atoms with Gasteiger partial charge in [-0.3, -0.25) is 4.79 Å². The number of sulfone groups is 1. The van der Waals surface area contributed by atoms with E-state index < -0.39 is 21.3 Å². The van der Waals surface area contributed by atoms with Crippen molar-refractivity contribution in [2.24, 2.45) is 5.92 Å². The van der Waals surface area contributed by atoms with Crippen LogP contribution in [-0.4, -0.2) is 44.6 Å². The highest BCUT2D eigenvalue weighted by atomic mass is 32.2. The molecule has 0 unspecified atom stereocenters. The van der Waals surface area contributed by atoms with Crippen LogP contribution in [0.15, 0.2) is 0 Å². The van der Waals surface area contributed by atoms with Gasteiger partial charge in [-0.25, -0.2) is 8.42 Å². The zero-order valence-electron chi connectivity index (χ0n) is 8.65. The lowest BCUT2D eigenvalue weighted by Crippen LogP contribution is -2.53. The Morgan fingerprint density at radius 1 is 1.60 bits per heavy atom. The van der Waals surface area contributed by atoms with Gasteiger partial charge in [0, 0.05) is 5.92 Å². The summed E-state index contributed by atoms with van der Waals surface area (Å²) in [6.07, 6.45) is 0.734. The third-order valence-electron chi connectivity index (χ3n) is 3.17. The molecule has 0 aromatic heterocycles. The van der Waals surface area contributed by atoms with Crippen molar-refractivity contribution < 1.29 is 17.9 Å². The molecule has 2 fully saturated rings. The van der Waals surface area contributed by atoms with Crippen molar-refractivity contribution >= 4 is 15.8 Å². The second kappa shape index (κ2) is 3.45. The molecule has 6 heteroatoms. The normalized spacial score (nSPS) is 37.5. The second-order valence-corrected chi connectivity index (χ2v) is 6.27. The van der Waals surface area contributed by atoms with E-state index in [-0.39, 0.29) is 24.0 Å². The fraction of sp³-hybridized carbons (Fsp3) is 0.889. The lowest BCUT2D eigenvalue weighted by atomic mass is 9.89. The van der Waals surface area contributed by atoms with E-state index >= 15 is 0 Å². The molecule has 0 aliphatic carbocycles. The topological polar surface area (TPSA) is 72.5 Å². The Morgan fingerprint density at radius 2 is 2.33 bits per heavy atom. The van der Waals surface area contributed by atoms with Gasteiger partial charge in [0.2, 0.25) is 0 Å². The Morgan fingerprint density at radius 3 is 3.00 bits per heavy atom. The third-order valence-corrected chi connectivity index (χ3v) is 4.98. The highest BCUT2D eigenvalue weighted by Gasteiger charge is 2.58. The number of hydrogen-bond acceptors (Lipinski definition) is 5. The summed E-state index contributed by atoms with van der Waals surface area (Å²) in [6.45, 7) is 2.70. The van der Waals surface area contributed by atoms with E-state index in [1.54, 1.807) is 6.92 Å². The minimum absolute atomic E-state index is 0.108. The van der Waals surface area contributed by atoms with Gasteiger partial charge >= 0.3 is 5.97 Å². The molecule has 0 aromatic carbocycles. The van der Waals surface area contributed by atoms with Gasteiger partial charge < -0.3 is 10.1 Å². The first-order valence-corrected chi connectivity index (χ1v) is 6.95. The number of esters is 1. The van der Waals surface area contributed by atoms with E-state index in [0.717, 1.165) is 6.42 Å². The molecular weight excluding hydrogens is 218 g/mol. The molecule has 0 amide bonds. The molecule has 0 aromatic rings. The largest absolute Gasteiger partial charge is 0.465 e. The van der Waals surface area contributed by atoms with Gasteiger partial charge in [-0.15, -0.1) is 0 Å². The van der Waals surface area contributed by atoms with Crippen LogP contribution in [0.1, 0.15) is 13.3 Å². The van der Waals surface area contributed by atoms with E-state index in [1.807, 2.05) is 0 Å². The highest BCUT2D eigenvalue weighted by molar-refractivity contribution is 7.91. The van der Waals surface area contributed by atoms with E-state index in [4.69, 9.17) is 4.74 Å². The summed E-state index contributed by atoms with van der Waals surface area (Å²) in [7, 11) is -3.09. The van der Waals surface area contributed by atoms with Gasteiger partial charge in [0.1, 0.15) is 5.54 Å². The number of fused-ring (bicyclic) bond motifs is 1. The van der Waals surface area contributed by atoms with Crippen LogP contribution in [0, 0.1) is 5.92 Å². The Bertz CT molecular complexity index is 378. The fourth-order valence-electron chi connectivity index (χ4n) is 2.52. The summed E-state index contributed by atoms with van der Waals surface area (Å²) in [5, 5.41) is 3.02. The van der Waals surface area contributed by atoms with Gasteiger partial charge in [0.05, 0.1) is 18.1 Å². The smallest absolute Gasteiger partial charge is 0.327 e. The molecule has 0 bridgehead atoms. The molecule has 2 heterocycles. The number of carbonyl (C=O) groups is 1. The van der Waals surface area contributed by atoms with Crippen molar-refractivity contribution in [1.82, 2.24) is 5.32 Å². The maximum Gasteiger partial charge on any atom is 0.327 e. The number of carbonyl (C=O) groups excluding carboxylic acids is 1. The second-order valence-electron chi connectivity index (χ2n) is 4.16. The highest BCUT2D eigenvalue weighted by Crippen LogP contribution is 2.37. The van der Waals surface area contributed by atoms with E-state index in [9.17, 15) is 13.2 Å².